The first-order valence-electron chi connectivity index (χ1n) is 3.82. The van der Waals surface area contributed by atoms with Crippen LogP contribution >= 0.6 is 0 Å². The Morgan fingerprint density at radius 1 is 1.24 bits per heavy atom. The molecule has 17 heavy (non-hydrogen) atoms. The number of halogens is 4. The highest BCUT2D eigenvalue weighted by Crippen LogP contribution is 2.31. The van der Waals surface area contributed by atoms with Gasteiger partial charge in [-0.3, -0.25) is 10.1 Å². The number of sulfone groups is 1. The molecule has 0 spiro atoms. The second-order valence-electron chi connectivity index (χ2n) is 2.82. The van der Waals surface area contributed by atoms with E-state index in [1.54, 1.807) is 0 Å². The van der Waals surface area contributed by atoms with E-state index in [9.17, 15) is 36.1 Å². The zero-order valence-corrected chi connectivity index (χ0v) is 8.55. The van der Waals surface area contributed by atoms with E-state index < -0.39 is 36.7 Å². The first-order chi connectivity index (χ1) is 7.57. The summed E-state index contributed by atoms with van der Waals surface area (Å²) in [7, 11) is -5.70. The van der Waals surface area contributed by atoms with Crippen LogP contribution in [0.15, 0.2) is 23.1 Å². The van der Waals surface area contributed by atoms with Crippen molar-refractivity contribution in [2.75, 3.05) is 0 Å². The van der Waals surface area contributed by atoms with Gasteiger partial charge in [0.25, 0.3) is 9.84 Å². The van der Waals surface area contributed by atoms with Gasteiger partial charge < -0.3 is 0 Å². The Morgan fingerprint density at radius 2 is 1.76 bits per heavy atom. The summed E-state index contributed by atoms with van der Waals surface area (Å²) in [6, 6.07) is 0.638. The van der Waals surface area contributed by atoms with Gasteiger partial charge in [-0.25, -0.2) is 8.42 Å². The van der Waals surface area contributed by atoms with Gasteiger partial charge in [-0.15, -0.1) is 0 Å². The van der Waals surface area contributed by atoms with Crippen LogP contribution in [0, 0.1) is 15.9 Å². The van der Waals surface area contributed by atoms with Gasteiger partial charge in [-0.05, 0) is 12.1 Å². The van der Waals surface area contributed by atoms with Crippen molar-refractivity contribution in [3.8, 4) is 0 Å². The van der Waals surface area contributed by atoms with Crippen molar-refractivity contribution < 1.29 is 30.9 Å². The minimum absolute atomic E-state index is 0.0407. The smallest absolute Gasteiger partial charge is 0.258 e. The molecule has 0 fully saturated rings. The van der Waals surface area contributed by atoms with E-state index in [-0.39, 0.29) is 6.07 Å². The second-order valence-corrected chi connectivity index (χ2v) is 4.76. The molecule has 94 valence electrons. The number of nitro benzene ring substituents is 1. The van der Waals surface area contributed by atoms with Crippen LogP contribution in [0.1, 0.15) is 0 Å². The van der Waals surface area contributed by atoms with E-state index in [0.29, 0.717) is 12.1 Å². The van der Waals surface area contributed by atoms with Crippen LogP contribution in [0.3, 0.4) is 0 Å². The molecule has 0 amide bonds. The summed E-state index contributed by atoms with van der Waals surface area (Å²) in [5.74, 6) is -1.65. The molecule has 0 heterocycles. The molecule has 1 aromatic rings. The molecule has 0 aromatic heterocycles. The predicted molar refractivity (Wildman–Crippen MR) is 46.3 cm³/mol. The Balaban J connectivity index is 3.39. The highest BCUT2D eigenvalue weighted by Gasteiger charge is 2.47. The van der Waals surface area contributed by atoms with Crippen LogP contribution in [0.5, 0.6) is 0 Å². The molecule has 5 nitrogen and oxygen atoms in total. The predicted octanol–water partition coefficient (Wildman–Crippen LogP) is 2.03. The van der Waals surface area contributed by atoms with Crippen LogP contribution in [-0.4, -0.2) is 18.8 Å². The van der Waals surface area contributed by atoms with Gasteiger partial charge in [-0.2, -0.15) is 17.6 Å². The van der Waals surface area contributed by atoms with Crippen molar-refractivity contribution in [3.63, 3.8) is 0 Å². The minimum atomic E-state index is -5.70. The van der Waals surface area contributed by atoms with Gasteiger partial charge in [0.15, 0.2) is 0 Å². The van der Waals surface area contributed by atoms with E-state index in [1.165, 1.54) is 0 Å². The standard InChI is InChI=1S/C7H3F4NO4S/c8-5-3-4(1-2-6(5)12(13)14)17(15,16)7(9,10)11/h1-3H. The topological polar surface area (TPSA) is 77.3 Å². The highest BCUT2D eigenvalue weighted by molar-refractivity contribution is 7.92. The fourth-order valence-corrected chi connectivity index (χ4v) is 1.71. The van der Waals surface area contributed by atoms with Gasteiger partial charge in [0.2, 0.25) is 5.82 Å². The van der Waals surface area contributed by atoms with Crippen molar-refractivity contribution in [2.24, 2.45) is 0 Å². The molecule has 10 heteroatoms. The average Bonchev–Trinajstić information content (AvgIpc) is 2.14. The van der Waals surface area contributed by atoms with Crippen molar-refractivity contribution in [2.45, 2.75) is 10.4 Å². The van der Waals surface area contributed by atoms with Gasteiger partial charge in [0.05, 0.1) is 9.82 Å². The lowest BCUT2D eigenvalue weighted by Crippen LogP contribution is -2.23. The fraction of sp³-hybridized carbons (Fsp3) is 0.143. The Bertz CT molecular complexity index is 566. The third-order valence-corrected chi connectivity index (χ3v) is 3.21. The Kier molecular flexibility index (Phi) is 3.10. The van der Waals surface area contributed by atoms with E-state index in [2.05, 4.69) is 0 Å². The monoisotopic (exact) mass is 273 g/mol. The summed E-state index contributed by atoms with van der Waals surface area (Å²) in [4.78, 5) is 7.61. The summed E-state index contributed by atoms with van der Waals surface area (Å²) >= 11 is 0. The van der Waals surface area contributed by atoms with Crippen LogP contribution in [0.2, 0.25) is 0 Å². The Morgan fingerprint density at radius 3 is 2.12 bits per heavy atom. The van der Waals surface area contributed by atoms with E-state index in [0.717, 1.165) is 0 Å². The molecular formula is C7H3F4NO4S. The maximum Gasteiger partial charge on any atom is 0.501 e. The first kappa shape index (κ1) is 13.4. The molecule has 0 unspecified atom stereocenters. The van der Waals surface area contributed by atoms with Crippen molar-refractivity contribution in [1.29, 1.82) is 0 Å². The van der Waals surface area contributed by atoms with Gasteiger partial charge in [-0.1, -0.05) is 0 Å². The zero-order valence-electron chi connectivity index (χ0n) is 7.73. The largest absolute Gasteiger partial charge is 0.501 e. The van der Waals surface area contributed by atoms with Crippen molar-refractivity contribution in [1.82, 2.24) is 0 Å². The third kappa shape index (κ3) is 2.35. The number of rotatable bonds is 2. The molecule has 0 bridgehead atoms. The van der Waals surface area contributed by atoms with E-state index in [4.69, 9.17) is 0 Å². The van der Waals surface area contributed by atoms with E-state index in [1.807, 2.05) is 0 Å². The summed E-state index contributed by atoms with van der Waals surface area (Å²) < 4.78 is 70.8. The molecule has 1 aromatic carbocycles. The Labute approximate surface area is 91.7 Å². The lowest BCUT2D eigenvalue weighted by Gasteiger charge is -2.07. The number of benzene rings is 1. The number of hydrogen-bond donors (Lipinski definition) is 0. The fourth-order valence-electron chi connectivity index (χ4n) is 0.936. The highest BCUT2D eigenvalue weighted by atomic mass is 32.2. The number of hydrogen-bond acceptors (Lipinski definition) is 4. The van der Waals surface area contributed by atoms with Crippen LogP contribution < -0.4 is 0 Å². The van der Waals surface area contributed by atoms with Crippen LogP contribution in [-0.2, 0) is 9.84 Å². The molecule has 0 N–H and O–H groups in total. The van der Waals surface area contributed by atoms with Gasteiger partial charge >= 0.3 is 11.2 Å². The summed E-state index contributed by atoms with van der Waals surface area (Å²) in [5, 5.41) is 10.2. The number of nitro groups is 1. The summed E-state index contributed by atoms with van der Waals surface area (Å²) in [6.07, 6.45) is 0. The molecule has 1 rings (SSSR count). The summed E-state index contributed by atoms with van der Waals surface area (Å²) in [6.45, 7) is 0. The molecule has 0 aliphatic carbocycles. The van der Waals surface area contributed by atoms with Crippen molar-refractivity contribution >= 4 is 15.5 Å². The molecule has 0 saturated heterocycles. The maximum absolute atomic E-state index is 12.9. The Hall–Kier alpha value is -1.71. The number of nitrogens with zero attached hydrogens (tertiary/aromatic N) is 1. The maximum atomic E-state index is 12.9. The molecular weight excluding hydrogens is 270 g/mol. The van der Waals surface area contributed by atoms with Gasteiger partial charge in [0, 0.05) is 6.07 Å². The molecule has 0 saturated carbocycles. The third-order valence-electron chi connectivity index (χ3n) is 1.73. The summed E-state index contributed by atoms with van der Waals surface area (Å²) in [5.41, 5.74) is -6.69. The quantitative estimate of drug-likeness (QED) is 0.469. The lowest BCUT2D eigenvalue weighted by atomic mass is 10.3. The molecule has 0 aliphatic heterocycles. The molecule has 0 atom stereocenters. The SMILES string of the molecule is O=[N+]([O-])c1ccc(S(=O)(=O)C(F)(F)F)cc1F. The van der Waals surface area contributed by atoms with E-state index >= 15 is 0 Å². The zero-order chi connectivity index (χ0) is 13.4. The van der Waals surface area contributed by atoms with Gasteiger partial charge in [0.1, 0.15) is 0 Å². The number of alkyl halides is 3. The van der Waals surface area contributed by atoms with Crippen molar-refractivity contribution in [3.05, 3.63) is 34.1 Å². The van der Waals surface area contributed by atoms with Crippen LogP contribution in [0.4, 0.5) is 23.2 Å². The second kappa shape index (κ2) is 3.95. The van der Waals surface area contributed by atoms with Crippen LogP contribution in [0.25, 0.3) is 0 Å². The lowest BCUT2D eigenvalue weighted by molar-refractivity contribution is -0.387. The first-order valence-corrected chi connectivity index (χ1v) is 5.31. The molecule has 0 radical (unpaired) electrons. The average molecular weight is 273 g/mol. The molecule has 0 aliphatic rings. The minimum Gasteiger partial charge on any atom is -0.258 e. The normalized spacial score (nSPS) is 12.5.